The van der Waals surface area contributed by atoms with E-state index in [-0.39, 0.29) is 5.84 Å². The molecule has 2 rings (SSSR count). The summed E-state index contributed by atoms with van der Waals surface area (Å²) in [6.45, 7) is 2.67. The number of nitrogen functional groups attached to an aromatic ring is 1. The van der Waals surface area contributed by atoms with Crippen LogP contribution in [0.5, 0.6) is 0 Å². The van der Waals surface area contributed by atoms with Gasteiger partial charge in [0.15, 0.2) is 27.3 Å². The second-order valence-electron chi connectivity index (χ2n) is 5.31. The third-order valence-electron chi connectivity index (χ3n) is 3.62. The average molecular weight is 321 g/mol. The summed E-state index contributed by atoms with van der Waals surface area (Å²) in [5.74, 6) is -5.10. The van der Waals surface area contributed by atoms with Gasteiger partial charge in [0.05, 0.1) is 23.0 Å². The summed E-state index contributed by atoms with van der Waals surface area (Å²) in [6.07, 6.45) is 0. The summed E-state index contributed by atoms with van der Waals surface area (Å²) in [6, 6.07) is -0.983. The highest BCUT2D eigenvalue weighted by Crippen LogP contribution is 2.36. The number of nitrogens with two attached hydrogens (primary N) is 2. The van der Waals surface area contributed by atoms with Crippen molar-refractivity contribution in [3.8, 4) is 0 Å². The molecule has 0 fully saturated rings. The Kier molecular flexibility index (Phi) is 3.43. The predicted octanol–water partition coefficient (Wildman–Crippen LogP) is 1.29. The number of rotatable bonds is 1. The molecule has 0 saturated carbocycles. The molecular weight excluding hydrogens is 307 g/mol. The van der Waals surface area contributed by atoms with Crippen LogP contribution >= 0.6 is 0 Å². The van der Waals surface area contributed by atoms with Crippen LogP contribution in [0.2, 0.25) is 0 Å². The van der Waals surface area contributed by atoms with E-state index < -0.39 is 55.1 Å². The number of nitrogens with zero attached hydrogens (tertiary/aromatic N) is 1. The van der Waals surface area contributed by atoms with E-state index in [1.165, 1.54) is 13.8 Å². The molecule has 1 aromatic rings. The zero-order valence-electron chi connectivity index (χ0n) is 11.3. The summed E-state index contributed by atoms with van der Waals surface area (Å²) in [7, 11) is -3.82. The van der Waals surface area contributed by atoms with Gasteiger partial charge in [0.1, 0.15) is 10.6 Å². The Labute approximate surface area is 119 Å². The number of halogens is 3. The highest BCUT2D eigenvalue weighted by atomic mass is 32.2. The van der Waals surface area contributed by atoms with E-state index in [4.69, 9.17) is 11.5 Å². The van der Waals surface area contributed by atoms with Gasteiger partial charge in [-0.05, 0) is 13.8 Å². The SMILES string of the molecule is CC1(C)C(N)=NC(c2c(F)c(N)cc(F)c2F)CS1(=O)=O. The van der Waals surface area contributed by atoms with Crippen molar-refractivity contribution in [3.63, 3.8) is 0 Å². The minimum atomic E-state index is -3.82. The molecule has 21 heavy (non-hydrogen) atoms. The van der Waals surface area contributed by atoms with Crippen molar-refractivity contribution in [2.45, 2.75) is 24.6 Å². The molecule has 1 aliphatic rings. The molecule has 0 spiro atoms. The molecule has 1 aromatic carbocycles. The topological polar surface area (TPSA) is 98.5 Å². The van der Waals surface area contributed by atoms with Gasteiger partial charge in [-0.25, -0.2) is 21.6 Å². The van der Waals surface area contributed by atoms with Gasteiger partial charge < -0.3 is 11.5 Å². The number of hydrogen-bond acceptors (Lipinski definition) is 5. The van der Waals surface area contributed by atoms with E-state index >= 15 is 0 Å². The van der Waals surface area contributed by atoms with Crippen LogP contribution in [-0.2, 0) is 9.84 Å². The molecule has 9 heteroatoms. The maximum atomic E-state index is 14.0. The van der Waals surface area contributed by atoms with Crippen molar-refractivity contribution >= 4 is 21.4 Å². The lowest BCUT2D eigenvalue weighted by Gasteiger charge is -2.32. The Balaban J connectivity index is 2.68. The van der Waals surface area contributed by atoms with E-state index in [0.717, 1.165) is 0 Å². The fraction of sp³-hybridized carbons (Fsp3) is 0.417. The van der Waals surface area contributed by atoms with Crippen LogP contribution in [0, 0.1) is 17.5 Å². The smallest absolute Gasteiger partial charge is 0.167 e. The maximum Gasteiger partial charge on any atom is 0.167 e. The van der Waals surface area contributed by atoms with Crippen LogP contribution in [0.1, 0.15) is 25.5 Å². The highest BCUT2D eigenvalue weighted by molar-refractivity contribution is 7.93. The van der Waals surface area contributed by atoms with E-state index in [9.17, 15) is 21.6 Å². The predicted molar refractivity (Wildman–Crippen MR) is 73.0 cm³/mol. The Morgan fingerprint density at radius 2 is 1.81 bits per heavy atom. The van der Waals surface area contributed by atoms with Gasteiger partial charge in [-0.3, -0.25) is 4.99 Å². The summed E-state index contributed by atoms with van der Waals surface area (Å²) in [5.41, 5.74) is 9.39. The fourth-order valence-electron chi connectivity index (χ4n) is 2.02. The second kappa shape index (κ2) is 4.62. The molecule has 0 amide bonds. The van der Waals surface area contributed by atoms with Crippen molar-refractivity contribution in [1.29, 1.82) is 0 Å². The summed E-state index contributed by atoms with van der Waals surface area (Å²) in [5, 5.41) is 0. The first-order valence-corrected chi connectivity index (χ1v) is 7.63. The number of amidine groups is 1. The molecule has 0 aliphatic carbocycles. The Morgan fingerprint density at radius 3 is 2.33 bits per heavy atom. The summed E-state index contributed by atoms with van der Waals surface area (Å²) in [4.78, 5) is 3.82. The lowest BCUT2D eigenvalue weighted by Crippen LogP contribution is -2.50. The lowest BCUT2D eigenvalue weighted by molar-refractivity contribution is 0.469. The van der Waals surface area contributed by atoms with Crippen molar-refractivity contribution in [3.05, 3.63) is 29.1 Å². The van der Waals surface area contributed by atoms with E-state index in [1.54, 1.807) is 0 Å². The first-order chi connectivity index (χ1) is 9.49. The Hall–Kier alpha value is -1.77. The molecule has 1 aliphatic heterocycles. The van der Waals surface area contributed by atoms with Gasteiger partial charge >= 0.3 is 0 Å². The molecule has 5 nitrogen and oxygen atoms in total. The molecule has 1 atom stereocenters. The number of hydrogen-bond donors (Lipinski definition) is 2. The first kappa shape index (κ1) is 15.6. The molecule has 0 aromatic heterocycles. The van der Waals surface area contributed by atoms with Crippen molar-refractivity contribution in [2.75, 3.05) is 11.5 Å². The minimum Gasteiger partial charge on any atom is -0.396 e. The van der Waals surface area contributed by atoms with E-state index in [2.05, 4.69) is 4.99 Å². The molecule has 1 heterocycles. The first-order valence-electron chi connectivity index (χ1n) is 5.98. The molecular formula is C12H14F3N3O2S. The molecule has 1 unspecified atom stereocenters. The van der Waals surface area contributed by atoms with E-state index in [1.807, 2.05) is 0 Å². The van der Waals surface area contributed by atoms with Gasteiger partial charge in [0.25, 0.3) is 0 Å². The van der Waals surface area contributed by atoms with Crippen LogP contribution in [0.3, 0.4) is 0 Å². The van der Waals surface area contributed by atoms with Crippen molar-refractivity contribution in [2.24, 2.45) is 10.7 Å². The van der Waals surface area contributed by atoms with E-state index in [0.29, 0.717) is 6.07 Å². The minimum absolute atomic E-state index is 0.291. The lowest BCUT2D eigenvalue weighted by atomic mass is 10.0. The molecule has 116 valence electrons. The quantitative estimate of drug-likeness (QED) is 0.601. The molecule has 0 bridgehead atoms. The zero-order chi connectivity index (χ0) is 16.2. The van der Waals surface area contributed by atoms with Crippen LogP contribution in [0.4, 0.5) is 18.9 Å². The normalized spacial score (nSPS) is 23.7. The van der Waals surface area contributed by atoms with Gasteiger partial charge in [-0.2, -0.15) is 0 Å². The Bertz CT molecular complexity index is 718. The third kappa shape index (κ3) is 2.25. The average Bonchev–Trinajstić information content (AvgIpc) is 2.34. The Morgan fingerprint density at radius 1 is 1.24 bits per heavy atom. The summed E-state index contributed by atoms with van der Waals surface area (Å²) >= 11 is 0. The second-order valence-corrected chi connectivity index (χ2v) is 7.89. The maximum absolute atomic E-state index is 14.0. The monoisotopic (exact) mass is 321 g/mol. The van der Waals surface area contributed by atoms with Gasteiger partial charge in [0.2, 0.25) is 0 Å². The van der Waals surface area contributed by atoms with Gasteiger partial charge in [-0.1, -0.05) is 0 Å². The van der Waals surface area contributed by atoms with Crippen molar-refractivity contribution < 1.29 is 21.6 Å². The van der Waals surface area contributed by atoms with Crippen LogP contribution < -0.4 is 11.5 Å². The molecule has 4 N–H and O–H groups in total. The fourth-order valence-corrected chi connectivity index (χ4v) is 3.47. The number of sulfone groups is 1. The zero-order valence-corrected chi connectivity index (χ0v) is 12.1. The third-order valence-corrected chi connectivity index (χ3v) is 6.14. The molecule has 0 radical (unpaired) electrons. The largest absolute Gasteiger partial charge is 0.396 e. The van der Waals surface area contributed by atoms with Gasteiger partial charge in [0, 0.05) is 6.07 Å². The van der Waals surface area contributed by atoms with Crippen LogP contribution in [0.25, 0.3) is 0 Å². The standard InChI is InChI=1S/C12H14F3N3O2S/c1-12(2)11(17)18-7(4-21(12,19)20)8-9(14)5(13)3-6(16)10(8)15/h3,7H,4,16H2,1-2H3,(H2,17,18). The van der Waals surface area contributed by atoms with Crippen LogP contribution in [-0.4, -0.2) is 24.8 Å². The van der Waals surface area contributed by atoms with Crippen LogP contribution in [0.15, 0.2) is 11.1 Å². The summed E-state index contributed by atoms with van der Waals surface area (Å²) < 4.78 is 64.0. The number of anilines is 1. The van der Waals surface area contributed by atoms with Crippen molar-refractivity contribution in [1.82, 2.24) is 0 Å². The van der Waals surface area contributed by atoms with Gasteiger partial charge in [-0.15, -0.1) is 0 Å². The number of benzene rings is 1. The highest BCUT2D eigenvalue weighted by Gasteiger charge is 2.45. The number of aliphatic imine (C=N–C) groups is 1. The molecule has 0 saturated heterocycles.